The molecule has 3 aromatic rings. The molecule has 37 heavy (non-hydrogen) atoms. The highest BCUT2D eigenvalue weighted by atomic mass is 35.5. The van der Waals surface area contributed by atoms with Crippen molar-refractivity contribution in [2.45, 2.75) is 51.6 Å². The Kier molecular flexibility index (Phi) is 11.8. The summed E-state index contributed by atoms with van der Waals surface area (Å²) >= 11 is 0. The molecule has 200 valence electrons. The minimum absolute atomic E-state index is 0. The van der Waals surface area contributed by atoms with Crippen molar-refractivity contribution >= 4 is 18.1 Å². The lowest BCUT2D eigenvalue weighted by atomic mass is 10.0. The third-order valence-electron chi connectivity index (χ3n) is 6.53. The number of aryl methyl sites for hydroxylation is 1. The molecule has 0 bridgehead atoms. The molecule has 0 saturated carbocycles. The van der Waals surface area contributed by atoms with E-state index < -0.39 is 0 Å². The molecule has 5 nitrogen and oxygen atoms in total. The second kappa shape index (κ2) is 15.3. The van der Waals surface area contributed by atoms with Gasteiger partial charge in [0, 0.05) is 12.2 Å². The van der Waals surface area contributed by atoms with Gasteiger partial charge in [-0.3, -0.25) is 0 Å². The second-order valence-corrected chi connectivity index (χ2v) is 9.24. The minimum atomic E-state index is 0. The van der Waals surface area contributed by atoms with Crippen LogP contribution in [0.25, 0.3) is 0 Å². The van der Waals surface area contributed by atoms with Gasteiger partial charge in [-0.1, -0.05) is 43.7 Å². The van der Waals surface area contributed by atoms with Crippen LogP contribution in [-0.2, 0) is 6.42 Å². The Bertz CT molecular complexity index is 1030. The number of hydrogen-bond acceptors (Lipinski definition) is 5. The lowest BCUT2D eigenvalue weighted by Crippen LogP contribution is -2.38. The fourth-order valence-corrected chi connectivity index (χ4v) is 4.50. The van der Waals surface area contributed by atoms with E-state index in [1.54, 1.807) is 7.11 Å². The van der Waals surface area contributed by atoms with E-state index >= 15 is 0 Å². The Labute approximate surface area is 228 Å². The number of hydrogen-bond donors (Lipinski definition) is 0. The van der Waals surface area contributed by atoms with Gasteiger partial charge in [0.1, 0.15) is 17.6 Å². The lowest BCUT2D eigenvalue weighted by molar-refractivity contribution is 0.170. The highest BCUT2D eigenvalue weighted by Gasteiger charge is 2.24. The fraction of sp³-hybridized carbons (Fsp3) is 0.419. The Hall–Kier alpha value is -3.05. The Balaban J connectivity index is 0.00000380. The molecule has 0 radical (unpaired) electrons. The van der Waals surface area contributed by atoms with Gasteiger partial charge in [-0.05, 0) is 80.1 Å². The number of benzene rings is 3. The molecule has 0 spiro atoms. The molecule has 0 amide bonds. The smallest absolute Gasteiger partial charge is 0.164 e. The van der Waals surface area contributed by atoms with Crippen molar-refractivity contribution < 1.29 is 18.9 Å². The zero-order chi connectivity index (χ0) is 25.0. The average Bonchev–Trinajstić information content (AvgIpc) is 2.93. The first-order valence-corrected chi connectivity index (χ1v) is 13.2. The number of methoxy groups -OCH3 is 1. The van der Waals surface area contributed by atoms with Gasteiger partial charge in [-0.25, -0.2) is 0 Å². The minimum Gasteiger partial charge on any atom is -0.494 e. The van der Waals surface area contributed by atoms with Crippen molar-refractivity contribution in [3.63, 3.8) is 0 Å². The van der Waals surface area contributed by atoms with Crippen LogP contribution < -0.4 is 23.8 Å². The molecule has 0 aliphatic carbocycles. The first-order chi connectivity index (χ1) is 17.8. The highest BCUT2D eigenvalue weighted by molar-refractivity contribution is 5.85. The summed E-state index contributed by atoms with van der Waals surface area (Å²) in [4.78, 5) is 2.44. The van der Waals surface area contributed by atoms with E-state index in [4.69, 9.17) is 18.9 Å². The first-order valence-electron chi connectivity index (χ1n) is 13.2. The molecule has 1 aliphatic heterocycles. The van der Waals surface area contributed by atoms with Crippen molar-refractivity contribution in [3.05, 3.63) is 78.4 Å². The number of ether oxygens (including phenoxy) is 4. The van der Waals surface area contributed by atoms with Crippen LogP contribution in [0.1, 0.15) is 44.6 Å². The van der Waals surface area contributed by atoms with Crippen molar-refractivity contribution in [2.75, 3.05) is 38.3 Å². The van der Waals surface area contributed by atoms with Crippen molar-refractivity contribution in [1.29, 1.82) is 0 Å². The summed E-state index contributed by atoms with van der Waals surface area (Å²) in [6.07, 6.45) is 6.40. The third-order valence-corrected chi connectivity index (χ3v) is 6.53. The Morgan fingerprint density at radius 2 is 1.54 bits per heavy atom. The molecule has 0 saturated heterocycles. The Morgan fingerprint density at radius 1 is 0.838 bits per heavy atom. The van der Waals surface area contributed by atoms with E-state index in [-0.39, 0.29) is 18.5 Å². The van der Waals surface area contributed by atoms with Gasteiger partial charge in [0.05, 0.1) is 26.9 Å². The predicted octanol–water partition coefficient (Wildman–Crippen LogP) is 7.36. The molecule has 1 aliphatic rings. The molecular weight excluding hydrogens is 486 g/mol. The van der Waals surface area contributed by atoms with Crippen molar-refractivity contribution in [2.24, 2.45) is 0 Å². The van der Waals surface area contributed by atoms with Crippen molar-refractivity contribution in [3.8, 4) is 23.0 Å². The van der Waals surface area contributed by atoms with Gasteiger partial charge < -0.3 is 23.8 Å². The monoisotopic (exact) mass is 525 g/mol. The van der Waals surface area contributed by atoms with Gasteiger partial charge >= 0.3 is 0 Å². The van der Waals surface area contributed by atoms with E-state index in [1.807, 2.05) is 42.5 Å². The zero-order valence-corrected chi connectivity index (χ0v) is 22.9. The standard InChI is InChI=1S/C31H39NO4.ClH/c1-3-4-21-32(24-29-18-15-25-11-10-14-30(33-2)31(25)36-29)26-16-19-28(20-17-26)35-23-9-8-22-34-27-12-6-5-7-13-27;/h5-7,10-14,16-17,19-20,29H,3-4,8-9,15,18,21-24H2,1-2H3;1H. The summed E-state index contributed by atoms with van der Waals surface area (Å²) in [6.45, 7) is 5.50. The highest BCUT2D eigenvalue weighted by Crippen LogP contribution is 2.37. The van der Waals surface area contributed by atoms with Gasteiger partial charge in [0.2, 0.25) is 0 Å². The number of para-hydroxylation sites is 2. The Morgan fingerprint density at radius 3 is 2.22 bits per heavy atom. The maximum Gasteiger partial charge on any atom is 0.164 e. The fourth-order valence-electron chi connectivity index (χ4n) is 4.50. The van der Waals surface area contributed by atoms with Gasteiger partial charge in [-0.15, -0.1) is 12.4 Å². The number of fused-ring (bicyclic) bond motifs is 1. The van der Waals surface area contributed by atoms with E-state index in [2.05, 4.69) is 42.2 Å². The lowest BCUT2D eigenvalue weighted by Gasteiger charge is -2.33. The van der Waals surface area contributed by atoms with Crippen LogP contribution in [0.15, 0.2) is 72.8 Å². The molecule has 1 heterocycles. The number of nitrogens with zero attached hydrogens (tertiary/aromatic N) is 1. The maximum atomic E-state index is 6.42. The number of unbranched alkanes of at least 4 members (excludes halogenated alkanes) is 2. The van der Waals surface area contributed by atoms with Crippen LogP contribution in [0.5, 0.6) is 23.0 Å². The molecule has 0 fully saturated rings. The molecule has 1 unspecified atom stereocenters. The summed E-state index contributed by atoms with van der Waals surface area (Å²) in [5.41, 5.74) is 2.44. The summed E-state index contributed by atoms with van der Waals surface area (Å²) in [5, 5.41) is 0. The average molecular weight is 526 g/mol. The normalized spacial score (nSPS) is 14.1. The molecular formula is C31H40ClNO4. The third kappa shape index (κ3) is 8.50. The summed E-state index contributed by atoms with van der Waals surface area (Å²) in [7, 11) is 1.71. The second-order valence-electron chi connectivity index (χ2n) is 9.24. The van der Waals surface area contributed by atoms with E-state index in [1.165, 1.54) is 11.3 Å². The van der Waals surface area contributed by atoms with E-state index in [0.717, 1.165) is 74.6 Å². The zero-order valence-electron chi connectivity index (χ0n) is 22.1. The predicted molar refractivity (Wildman–Crippen MR) is 153 cm³/mol. The molecule has 6 heteroatoms. The topological polar surface area (TPSA) is 40.2 Å². The number of rotatable bonds is 14. The summed E-state index contributed by atoms with van der Waals surface area (Å²) < 4.78 is 23.7. The molecule has 3 aromatic carbocycles. The van der Waals surface area contributed by atoms with E-state index in [9.17, 15) is 0 Å². The molecule has 1 atom stereocenters. The van der Waals surface area contributed by atoms with Gasteiger partial charge in [0.15, 0.2) is 11.5 Å². The summed E-state index contributed by atoms with van der Waals surface area (Å²) in [6, 6.07) is 24.6. The maximum absolute atomic E-state index is 6.42. The van der Waals surface area contributed by atoms with Crippen LogP contribution in [0.3, 0.4) is 0 Å². The van der Waals surface area contributed by atoms with E-state index in [0.29, 0.717) is 13.2 Å². The largest absolute Gasteiger partial charge is 0.494 e. The van der Waals surface area contributed by atoms with Gasteiger partial charge in [0.25, 0.3) is 0 Å². The summed E-state index contributed by atoms with van der Waals surface area (Å²) in [5.74, 6) is 3.56. The van der Waals surface area contributed by atoms with Crippen LogP contribution >= 0.6 is 12.4 Å². The van der Waals surface area contributed by atoms with Crippen LogP contribution in [0.2, 0.25) is 0 Å². The van der Waals surface area contributed by atoms with Crippen molar-refractivity contribution in [1.82, 2.24) is 0 Å². The quantitative estimate of drug-likeness (QED) is 0.206. The molecule has 4 rings (SSSR count). The molecule has 0 aromatic heterocycles. The molecule has 0 N–H and O–H groups in total. The van der Waals surface area contributed by atoms with Gasteiger partial charge in [-0.2, -0.15) is 0 Å². The number of anilines is 1. The first kappa shape index (κ1) is 28.5. The van der Waals surface area contributed by atoms with Crippen LogP contribution in [0.4, 0.5) is 5.69 Å². The number of halogens is 1. The van der Waals surface area contributed by atoms with Crippen LogP contribution in [0, 0.1) is 0 Å². The SMILES string of the molecule is CCCCN(CC1CCc2cccc(OC)c2O1)c1ccc(OCCCCOc2ccccc2)cc1.Cl. The van der Waals surface area contributed by atoms with Crippen LogP contribution in [-0.4, -0.2) is 39.5 Å².